The van der Waals surface area contributed by atoms with Gasteiger partial charge in [0.15, 0.2) is 17.2 Å². The number of fused-ring (bicyclic) bond motifs is 1. The van der Waals surface area contributed by atoms with Crippen LogP contribution in [0.4, 0.5) is 0 Å². The molecule has 6 nitrogen and oxygen atoms in total. The highest BCUT2D eigenvalue weighted by Gasteiger charge is 2.25. The predicted molar refractivity (Wildman–Crippen MR) is 98.2 cm³/mol. The van der Waals surface area contributed by atoms with Crippen LogP contribution in [-0.4, -0.2) is 27.7 Å². The number of hydrogen-bond donors (Lipinski definition) is 1. The van der Waals surface area contributed by atoms with Crippen molar-refractivity contribution in [3.63, 3.8) is 0 Å². The third kappa shape index (κ3) is 2.72. The molecule has 0 unspecified atom stereocenters. The van der Waals surface area contributed by atoms with Gasteiger partial charge in [0.2, 0.25) is 0 Å². The van der Waals surface area contributed by atoms with E-state index in [0.29, 0.717) is 26.7 Å². The molecule has 4 rings (SSSR count). The van der Waals surface area contributed by atoms with Crippen molar-refractivity contribution in [2.24, 2.45) is 0 Å². The number of rotatable bonds is 4. The molecule has 3 heterocycles. The smallest absolute Gasteiger partial charge is 0.360 e. The van der Waals surface area contributed by atoms with Gasteiger partial charge in [-0.15, -0.1) is 11.3 Å². The molecule has 0 saturated carbocycles. The van der Waals surface area contributed by atoms with Crippen molar-refractivity contribution in [3.05, 3.63) is 54.4 Å². The Balaban J connectivity index is 1.99. The summed E-state index contributed by atoms with van der Waals surface area (Å²) in [7, 11) is 0. The Hall–Kier alpha value is -3.19. The van der Waals surface area contributed by atoms with E-state index in [2.05, 4.69) is 9.97 Å². The fourth-order valence-electron chi connectivity index (χ4n) is 2.60. The zero-order valence-electron chi connectivity index (χ0n) is 13.8. The first-order valence-electron chi connectivity index (χ1n) is 7.99. The Bertz CT molecular complexity index is 1070. The fraction of sp³-hybridized carbons (Fsp3) is 0.105. The van der Waals surface area contributed by atoms with E-state index in [1.54, 1.807) is 19.1 Å². The molecule has 3 aromatic heterocycles. The largest absolute Gasteiger partial charge is 0.504 e. The van der Waals surface area contributed by atoms with Crippen LogP contribution >= 0.6 is 11.3 Å². The highest BCUT2D eigenvalue weighted by molar-refractivity contribution is 7.22. The van der Waals surface area contributed by atoms with Gasteiger partial charge in [0.1, 0.15) is 20.9 Å². The quantitative estimate of drug-likeness (QED) is 0.535. The predicted octanol–water partition coefficient (Wildman–Crippen LogP) is 4.50. The topological polar surface area (TPSA) is 85.5 Å². The van der Waals surface area contributed by atoms with Crippen LogP contribution < -0.4 is 0 Å². The summed E-state index contributed by atoms with van der Waals surface area (Å²) < 4.78 is 10.9. The average molecular weight is 366 g/mol. The minimum Gasteiger partial charge on any atom is -0.504 e. The number of carbonyl (C=O) groups is 1. The Morgan fingerprint density at radius 2 is 2.00 bits per heavy atom. The van der Waals surface area contributed by atoms with Gasteiger partial charge in [-0.05, 0) is 19.1 Å². The number of aromatic hydroxyl groups is 1. The lowest BCUT2D eigenvalue weighted by Gasteiger charge is -2.06. The molecular formula is C19H14N2O4S. The second kappa shape index (κ2) is 6.61. The van der Waals surface area contributed by atoms with E-state index in [4.69, 9.17) is 9.15 Å². The van der Waals surface area contributed by atoms with Crippen LogP contribution in [0, 0.1) is 0 Å². The molecule has 4 aromatic rings. The van der Waals surface area contributed by atoms with E-state index in [1.807, 2.05) is 30.3 Å². The van der Waals surface area contributed by atoms with Gasteiger partial charge in [0, 0.05) is 5.56 Å². The number of hydrogen-bond acceptors (Lipinski definition) is 7. The van der Waals surface area contributed by atoms with Crippen LogP contribution in [0.5, 0.6) is 5.75 Å². The highest BCUT2D eigenvalue weighted by Crippen LogP contribution is 2.41. The summed E-state index contributed by atoms with van der Waals surface area (Å²) in [6.07, 6.45) is 1.52. The third-order valence-electron chi connectivity index (χ3n) is 3.76. The van der Waals surface area contributed by atoms with E-state index in [-0.39, 0.29) is 18.1 Å². The van der Waals surface area contributed by atoms with Crippen molar-refractivity contribution < 1.29 is 19.1 Å². The lowest BCUT2D eigenvalue weighted by molar-refractivity contribution is 0.0516. The van der Waals surface area contributed by atoms with E-state index in [9.17, 15) is 9.90 Å². The Morgan fingerprint density at radius 1 is 1.19 bits per heavy atom. The summed E-state index contributed by atoms with van der Waals surface area (Å²) in [4.78, 5) is 21.1. The minimum absolute atomic E-state index is 0.144. The van der Waals surface area contributed by atoms with Crippen LogP contribution in [0.1, 0.15) is 17.4 Å². The zero-order chi connectivity index (χ0) is 18.1. The standard InChI is InChI=1S/C19H14N2O4S/c1-2-24-19(23)15-16(22)17-14(13(20-15)12-9-6-10-25-12)21-18(26-17)11-7-4-3-5-8-11/h3-10,22H,2H2,1H3. The van der Waals surface area contributed by atoms with E-state index in [0.717, 1.165) is 5.56 Å². The molecule has 0 aliphatic rings. The number of nitrogens with zero attached hydrogens (tertiary/aromatic N) is 2. The van der Waals surface area contributed by atoms with Gasteiger partial charge in [0.05, 0.1) is 12.9 Å². The lowest BCUT2D eigenvalue weighted by Crippen LogP contribution is -2.08. The second-order valence-electron chi connectivity index (χ2n) is 5.42. The maximum atomic E-state index is 12.2. The van der Waals surface area contributed by atoms with Crippen molar-refractivity contribution >= 4 is 27.5 Å². The zero-order valence-corrected chi connectivity index (χ0v) is 14.6. The number of aromatic nitrogens is 2. The summed E-state index contributed by atoms with van der Waals surface area (Å²) in [6, 6.07) is 13.1. The van der Waals surface area contributed by atoms with Crippen molar-refractivity contribution in [1.82, 2.24) is 9.97 Å². The molecule has 0 spiro atoms. The van der Waals surface area contributed by atoms with Crippen molar-refractivity contribution in [2.75, 3.05) is 6.61 Å². The van der Waals surface area contributed by atoms with Crippen molar-refractivity contribution in [2.45, 2.75) is 6.92 Å². The van der Waals surface area contributed by atoms with Crippen molar-refractivity contribution in [1.29, 1.82) is 0 Å². The molecule has 0 radical (unpaired) electrons. The lowest BCUT2D eigenvalue weighted by atomic mass is 10.2. The Kier molecular flexibility index (Phi) is 4.14. The molecule has 0 fully saturated rings. The molecule has 26 heavy (non-hydrogen) atoms. The molecular weight excluding hydrogens is 352 g/mol. The number of ether oxygens (including phenoxy) is 1. The Morgan fingerprint density at radius 3 is 2.69 bits per heavy atom. The fourth-order valence-corrected chi connectivity index (χ4v) is 3.61. The number of esters is 1. The van der Waals surface area contributed by atoms with Crippen molar-refractivity contribution in [3.8, 4) is 27.8 Å². The van der Waals surface area contributed by atoms with Gasteiger partial charge >= 0.3 is 5.97 Å². The summed E-state index contributed by atoms with van der Waals surface area (Å²) in [5.74, 6) is -0.451. The molecule has 0 saturated heterocycles. The third-order valence-corrected chi connectivity index (χ3v) is 4.87. The molecule has 130 valence electrons. The number of thiazole rings is 1. The maximum Gasteiger partial charge on any atom is 0.360 e. The number of benzene rings is 1. The summed E-state index contributed by atoms with van der Waals surface area (Å²) in [6.45, 7) is 1.88. The molecule has 7 heteroatoms. The minimum atomic E-state index is -0.686. The van der Waals surface area contributed by atoms with Gasteiger partial charge < -0.3 is 14.3 Å². The molecule has 1 N–H and O–H groups in total. The van der Waals surface area contributed by atoms with Crippen LogP contribution in [0.15, 0.2) is 53.1 Å². The van der Waals surface area contributed by atoms with Gasteiger partial charge in [-0.25, -0.2) is 14.8 Å². The summed E-state index contributed by atoms with van der Waals surface area (Å²) in [5.41, 5.74) is 1.64. The SMILES string of the molecule is CCOC(=O)c1nc(-c2ccco2)c2nc(-c3ccccc3)sc2c1O. The molecule has 0 aliphatic carbocycles. The molecule has 0 aliphatic heterocycles. The van der Waals surface area contributed by atoms with Crippen LogP contribution in [0.25, 0.3) is 32.2 Å². The first-order chi connectivity index (χ1) is 12.7. The van der Waals surface area contributed by atoms with E-state index >= 15 is 0 Å². The normalized spacial score (nSPS) is 11.0. The summed E-state index contributed by atoms with van der Waals surface area (Å²) >= 11 is 1.29. The maximum absolute atomic E-state index is 12.2. The second-order valence-corrected chi connectivity index (χ2v) is 6.42. The molecule has 0 amide bonds. The number of pyridine rings is 1. The van der Waals surface area contributed by atoms with Gasteiger partial charge in [-0.3, -0.25) is 0 Å². The molecule has 0 bridgehead atoms. The highest BCUT2D eigenvalue weighted by atomic mass is 32.1. The number of carbonyl (C=O) groups excluding carboxylic acids is 1. The monoisotopic (exact) mass is 366 g/mol. The number of furan rings is 1. The van der Waals surface area contributed by atoms with Gasteiger partial charge in [-0.1, -0.05) is 30.3 Å². The van der Waals surface area contributed by atoms with Gasteiger partial charge in [-0.2, -0.15) is 0 Å². The van der Waals surface area contributed by atoms with E-state index < -0.39 is 5.97 Å². The summed E-state index contributed by atoms with van der Waals surface area (Å²) in [5, 5.41) is 11.3. The average Bonchev–Trinajstić information content (AvgIpc) is 3.33. The molecule has 0 atom stereocenters. The van der Waals surface area contributed by atoms with Crippen LogP contribution in [-0.2, 0) is 4.74 Å². The molecule has 1 aromatic carbocycles. The van der Waals surface area contributed by atoms with Gasteiger partial charge in [0.25, 0.3) is 0 Å². The first-order valence-corrected chi connectivity index (χ1v) is 8.80. The Labute approximate surface area is 152 Å². The van der Waals surface area contributed by atoms with E-state index in [1.165, 1.54) is 17.6 Å². The van der Waals surface area contributed by atoms with Crippen LogP contribution in [0.3, 0.4) is 0 Å². The first kappa shape index (κ1) is 16.3. The van der Waals surface area contributed by atoms with Crippen LogP contribution in [0.2, 0.25) is 0 Å².